The van der Waals surface area contributed by atoms with Crippen LogP contribution < -0.4 is 0 Å². The molecular weight excluding hydrogens is 334 g/mol. The van der Waals surface area contributed by atoms with Crippen LogP contribution in [0.4, 0.5) is 0 Å². The van der Waals surface area contributed by atoms with Crippen molar-refractivity contribution in [3.8, 4) is 0 Å². The summed E-state index contributed by atoms with van der Waals surface area (Å²) >= 11 is 0. The molecule has 2 aliphatic heterocycles. The molecule has 2 aliphatic rings. The van der Waals surface area contributed by atoms with E-state index in [4.69, 9.17) is 0 Å². The Labute approximate surface area is 152 Å². The maximum absolute atomic E-state index is 12.2. The van der Waals surface area contributed by atoms with Gasteiger partial charge in [0, 0.05) is 40.3 Å². The normalized spacial score (nSPS) is 24.2. The van der Waals surface area contributed by atoms with Gasteiger partial charge in [0.15, 0.2) is 0 Å². The molecule has 6 heteroatoms. The number of benzene rings is 1. The zero-order valence-corrected chi connectivity index (χ0v) is 16.3. The molecule has 1 atom stereocenters. The molecule has 5 nitrogen and oxygen atoms in total. The molecular formula is C19H31N3O2S. The minimum Gasteiger partial charge on any atom is -0.303 e. The molecule has 25 heavy (non-hydrogen) atoms. The van der Waals surface area contributed by atoms with Crippen molar-refractivity contribution >= 4 is 10.2 Å². The van der Waals surface area contributed by atoms with Gasteiger partial charge in [0.05, 0.1) is 0 Å². The van der Waals surface area contributed by atoms with Crippen molar-refractivity contribution in [1.29, 1.82) is 0 Å². The van der Waals surface area contributed by atoms with Crippen LogP contribution in [0.5, 0.6) is 0 Å². The van der Waals surface area contributed by atoms with E-state index in [9.17, 15) is 8.42 Å². The van der Waals surface area contributed by atoms with Gasteiger partial charge in [-0.1, -0.05) is 30.3 Å². The van der Waals surface area contributed by atoms with Gasteiger partial charge in [-0.15, -0.1) is 0 Å². The molecule has 1 aromatic carbocycles. The third-order valence-corrected chi connectivity index (χ3v) is 7.76. The summed E-state index contributed by atoms with van der Waals surface area (Å²) in [6, 6.07) is 10.7. The molecule has 0 radical (unpaired) electrons. The van der Waals surface area contributed by atoms with Crippen molar-refractivity contribution in [2.24, 2.45) is 11.8 Å². The fraction of sp³-hybridized carbons (Fsp3) is 0.684. The molecule has 0 unspecified atom stereocenters. The number of nitrogens with zero attached hydrogens (tertiary/aromatic N) is 3. The molecule has 140 valence electrons. The van der Waals surface area contributed by atoms with Crippen LogP contribution in [0.2, 0.25) is 0 Å². The van der Waals surface area contributed by atoms with E-state index in [0.29, 0.717) is 19.0 Å². The molecule has 0 saturated carbocycles. The lowest BCUT2D eigenvalue weighted by Crippen LogP contribution is -2.45. The quantitative estimate of drug-likeness (QED) is 0.775. The fourth-order valence-corrected chi connectivity index (χ4v) is 5.33. The van der Waals surface area contributed by atoms with Crippen LogP contribution in [0.15, 0.2) is 30.3 Å². The van der Waals surface area contributed by atoms with E-state index in [1.165, 1.54) is 29.4 Å². The van der Waals surface area contributed by atoms with Crippen molar-refractivity contribution in [2.45, 2.75) is 25.7 Å². The second kappa shape index (κ2) is 8.16. The average molecular weight is 366 g/mol. The Morgan fingerprint density at radius 3 is 2.28 bits per heavy atom. The van der Waals surface area contributed by atoms with Crippen LogP contribution in [0.1, 0.15) is 24.8 Å². The summed E-state index contributed by atoms with van der Waals surface area (Å²) in [5.74, 6) is 1.41. The van der Waals surface area contributed by atoms with Gasteiger partial charge in [0.25, 0.3) is 10.2 Å². The predicted octanol–water partition coefficient (Wildman–Crippen LogP) is 2.07. The lowest BCUT2D eigenvalue weighted by molar-refractivity contribution is 0.199. The van der Waals surface area contributed by atoms with Gasteiger partial charge in [0.1, 0.15) is 0 Å². The highest BCUT2D eigenvalue weighted by Gasteiger charge is 2.35. The van der Waals surface area contributed by atoms with Crippen LogP contribution in [0, 0.1) is 11.8 Å². The Morgan fingerprint density at radius 2 is 1.64 bits per heavy atom. The van der Waals surface area contributed by atoms with E-state index in [0.717, 1.165) is 31.7 Å². The number of rotatable bonds is 6. The van der Waals surface area contributed by atoms with E-state index in [1.807, 2.05) is 0 Å². The minimum absolute atomic E-state index is 0.672. The fourth-order valence-electron chi connectivity index (χ4n) is 4.19. The first-order valence-electron chi connectivity index (χ1n) is 9.40. The molecule has 0 N–H and O–H groups in total. The number of hydrogen-bond donors (Lipinski definition) is 0. The summed E-state index contributed by atoms with van der Waals surface area (Å²) in [6.45, 7) is 4.84. The van der Waals surface area contributed by atoms with Crippen LogP contribution in [-0.4, -0.2) is 68.7 Å². The summed E-state index contributed by atoms with van der Waals surface area (Å²) in [5, 5.41) is 0. The maximum atomic E-state index is 12.2. The highest BCUT2D eigenvalue weighted by atomic mass is 32.2. The summed E-state index contributed by atoms with van der Waals surface area (Å²) < 4.78 is 27.4. The van der Waals surface area contributed by atoms with Crippen LogP contribution in [0.25, 0.3) is 0 Å². The molecule has 0 aliphatic carbocycles. The Balaban J connectivity index is 1.44. The van der Waals surface area contributed by atoms with Crippen molar-refractivity contribution in [2.75, 3.05) is 46.8 Å². The summed E-state index contributed by atoms with van der Waals surface area (Å²) in [5.41, 5.74) is 1.41. The van der Waals surface area contributed by atoms with Crippen LogP contribution >= 0.6 is 0 Å². The Bertz CT molecular complexity index is 640. The van der Waals surface area contributed by atoms with Crippen molar-refractivity contribution in [3.05, 3.63) is 35.9 Å². The van der Waals surface area contributed by atoms with E-state index < -0.39 is 10.2 Å². The third-order valence-electron chi connectivity index (χ3n) is 5.82. The standard InChI is InChI=1S/C19H31N3O2S/c1-20(2)25(23,24)22-14-10-18(11-15-22)19-9-13-21(16-19)12-8-17-6-4-3-5-7-17/h3-7,18-19H,8-16H2,1-2H3/t19-/m0/s1. The Morgan fingerprint density at radius 1 is 1.00 bits per heavy atom. The molecule has 0 aromatic heterocycles. The lowest BCUT2D eigenvalue weighted by atomic mass is 9.84. The molecule has 2 heterocycles. The number of likely N-dealkylation sites (tertiary alicyclic amines) is 1. The molecule has 3 rings (SSSR count). The molecule has 2 saturated heterocycles. The smallest absolute Gasteiger partial charge is 0.281 e. The number of hydrogen-bond acceptors (Lipinski definition) is 3. The van der Waals surface area contributed by atoms with Crippen LogP contribution in [-0.2, 0) is 16.6 Å². The molecule has 0 spiro atoms. The lowest BCUT2D eigenvalue weighted by Gasteiger charge is -2.35. The van der Waals surface area contributed by atoms with Gasteiger partial charge < -0.3 is 4.90 Å². The predicted molar refractivity (Wildman–Crippen MR) is 102 cm³/mol. The van der Waals surface area contributed by atoms with Crippen molar-refractivity contribution in [3.63, 3.8) is 0 Å². The second-order valence-electron chi connectivity index (χ2n) is 7.61. The molecule has 2 fully saturated rings. The van der Waals surface area contributed by atoms with Crippen LogP contribution in [0.3, 0.4) is 0 Å². The van der Waals surface area contributed by atoms with Gasteiger partial charge in [0.2, 0.25) is 0 Å². The Kier molecular flexibility index (Phi) is 6.15. The topological polar surface area (TPSA) is 43.9 Å². The van der Waals surface area contributed by atoms with Crippen molar-refractivity contribution < 1.29 is 8.42 Å². The highest BCUT2D eigenvalue weighted by molar-refractivity contribution is 7.86. The average Bonchev–Trinajstić information content (AvgIpc) is 3.10. The summed E-state index contributed by atoms with van der Waals surface area (Å²) in [4.78, 5) is 2.58. The third kappa shape index (κ3) is 4.61. The first kappa shape index (κ1) is 18.8. The minimum atomic E-state index is -3.24. The van der Waals surface area contributed by atoms with E-state index in [1.54, 1.807) is 18.4 Å². The first-order valence-corrected chi connectivity index (χ1v) is 10.8. The molecule has 0 bridgehead atoms. The summed E-state index contributed by atoms with van der Waals surface area (Å²) in [7, 11) is -0.0125. The Hall–Kier alpha value is -0.950. The van der Waals surface area contributed by atoms with E-state index in [2.05, 4.69) is 35.2 Å². The van der Waals surface area contributed by atoms with Crippen molar-refractivity contribution in [1.82, 2.24) is 13.5 Å². The SMILES string of the molecule is CN(C)S(=O)(=O)N1CCC([C@H]2CCN(CCc3ccccc3)C2)CC1. The number of piperidine rings is 1. The second-order valence-corrected chi connectivity index (χ2v) is 9.75. The van der Waals surface area contributed by atoms with Gasteiger partial charge in [-0.05, 0) is 49.6 Å². The zero-order chi connectivity index (χ0) is 17.9. The van der Waals surface area contributed by atoms with Gasteiger partial charge in [-0.2, -0.15) is 17.0 Å². The van der Waals surface area contributed by atoms with Gasteiger partial charge >= 0.3 is 0 Å². The molecule has 0 amide bonds. The van der Waals surface area contributed by atoms with E-state index >= 15 is 0 Å². The monoisotopic (exact) mass is 365 g/mol. The first-order chi connectivity index (χ1) is 12.0. The highest BCUT2D eigenvalue weighted by Crippen LogP contribution is 2.32. The van der Waals surface area contributed by atoms with E-state index in [-0.39, 0.29) is 0 Å². The van der Waals surface area contributed by atoms with Gasteiger partial charge in [-0.25, -0.2) is 0 Å². The maximum Gasteiger partial charge on any atom is 0.281 e. The molecule has 1 aromatic rings. The zero-order valence-electron chi connectivity index (χ0n) is 15.5. The largest absolute Gasteiger partial charge is 0.303 e. The summed E-state index contributed by atoms with van der Waals surface area (Å²) in [6.07, 6.45) is 4.39. The van der Waals surface area contributed by atoms with Gasteiger partial charge in [-0.3, -0.25) is 0 Å².